The van der Waals surface area contributed by atoms with E-state index < -0.39 is 11.5 Å². The highest BCUT2D eigenvalue weighted by Crippen LogP contribution is 2.36. The molecule has 5 rings (SSSR count). The average Bonchev–Trinajstić information content (AvgIpc) is 3.50. The zero-order valence-corrected chi connectivity index (χ0v) is 18.4. The van der Waals surface area contributed by atoms with Gasteiger partial charge in [0.15, 0.2) is 11.5 Å². The molecule has 2 saturated heterocycles. The van der Waals surface area contributed by atoms with Crippen LogP contribution in [0.5, 0.6) is 11.5 Å². The van der Waals surface area contributed by atoms with Crippen LogP contribution in [0.15, 0.2) is 18.2 Å². The number of imide groups is 1. The SMILES string of the molecule is O=C(NCCCN1C(=O)NC2(CCCC2)C1=O)[C@@H]1CC(=O)N(c2ccc3c(c2)OCCO3)C1. The lowest BCUT2D eigenvalue weighted by Gasteiger charge is -2.22. The van der Waals surface area contributed by atoms with Crippen LogP contribution < -0.4 is 25.0 Å². The van der Waals surface area contributed by atoms with Gasteiger partial charge in [0.2, 0.25) is 11.8 Å². The summed E-state index contributed by atoms with van der Waals surface area (Å²) in [5.41, 5.74) is -0.0269. The number of carbonyl (C=O) groups excluding carboxylic acids is 4. The number of ether oxygens (including phenoxy) is 2. The van der Waals surface area contributed by atoms with Crippen molar-refractivity contribution in [1.29, 1.82) is 0 Å². The maximum atomic E-state index is 12.7. The van der Waals surface area contributed by atoms with Crippen molar-refractivity contribution in [2.24, 2.45) is 5.92 Å². The maximum absolute atomic E-state index is 12.7. The number of benzene rings is 1. The summed E-state index contributed by atoms with van der Waals surface area (Å²) in [4.78, 5) is 52.9. The van der Waals surface area contributed by atoms with Gasteiger partial charge in [0.05, 0.1) is 5.92 Å². The number of urea groups is 1. The Morgan fingerprint density at radius 1 is 1.12 bits per heavy atom. The van der Waals surface area contributed by atoms with Crippen molar-refractivity contribution in [3.05, 3.63) is 18.2 Å². The van der Waals surface area contributed by atoms with Crippen molar-refractivity contribution >= 4 is 29.4 Å². The topological polar surface area (TPSA) is 117 Å². The van der Waals surface area contributed by atoms with Crippen LogP contribution in [0.25, 0.3) is 0 Å². The Labute approximate surface area is 191 Å². The van der Waals surface area contributed by atoms with Gasteiger partial charge in [-0.3, -0.25) is 19.3 Å². The second-order valence-electron chi connectivity index (χ2n) is 9.05. The van der Waals surface area contributed by atoms with Crippen LogP contribution in [-0.4, -0.2) is 67.0 Å². The molecule has 0 radical (unpaired) electrons. The molecular formula is C23H28N4O6. The maximum Gasteiger partial charge on any atom is 0.325 e. The molecule has 0 aromatic heterocycles. The standard InChI is InChI=1S/C23H28N4O6/c28-19-12-15(14-27(19)16-4-5-17-18(13-16)33-11-10-32-17)20(29)24-8-3-9-26-21(30)23(25-22(26)31)6-1-2-7-23/h4-5,13,15H,1-3,6-12,14H2,(H,24,29)(H,25,31)/t15-/m1/s1. The van der Waals surface area contributed by atoms with Crippen LogP contribution in [0.2, 0.25) is 0 Å². The molecular weight excluding hydrogens is 428 g/mol. The fourth-order valence-corrected chi connectivity index (χ4v) is 5.12. The molecule has 4 aliphatic rings. The van der Waals surface area contributed by atoms with Crippen molar-refractivity contribution in [2.45, 2.75) is 44.1 Å². The second kappa shape index (κ2) is 8.57. The first kappa shape index (κ1) is 21.5. The van der Waals surface area contributed by atoms with E-state index in [-0.39, 0.29) is 36.7 Å². The third-order valence-electron chi connectivity index (χ3n) is 6.89. The summed E-state index contributed by atoms with van der Waals surface area (Å²) in [6, 6.07) is 4.99. The number of fused-ring (bicyclic) bond motifs is 1. The van der Waals surface area contributed by atoms with Crippen molar-refractivity contribution in [3.8, 4) is 11.5 Å². The first-order valence-corrected chi connectivity index (χ1v) is 11.6. The largest absolute Gasteiger partial charge is 0.486 e. The van der Waals surface area contributed by atoms with Crippen LogP contribution in [0.1, 0.15) is 38.5 Å². The van der Waals surface area contributed by atoms with E-state index in [4.69, 9.17) is 9.47 Å². The molecule has 1 aromatic carbocycles. The lowest BCUT2D eigenvalue weighted by atomic mass is 9.98. The number of anilines is 1. The summed E-state index contributed by atoms with van der Waals surface area (Å²) in [6.07, 6.45) is 3.88. The Kier molecular flexibility index (Phi) is 5.59. The first-order chi connectivity index (χ1) is 16.0. The summed E-state index contributed by atoms with van der Waals surface area (Å²) in [6.45, 7) is 1.84. The summed E-state index contributed by atoms with van der Waals surface area (Å²) in [5, 5.41) is 5.71. The number of carbonyl (C=O) groups is 4. The zero-order chi connectivity index (χ0) is 23.0. The molecule has 1 spiro atoms. The van der Waals surface area contributed by atoms with Crippen molar-refractivity contribution in [2.75, 3.05) is 37.7 Å². The average molecular weight is 456 g/mol. The van der Waals surface area contributed by atoms with E-state index in [2.05, 4.69) is 10.6 Å². The normalized spacial score (nSPS) is 23.4. The molecule has 1 saturated carbocycles. The molecule has 1 aromatic rings. The van der Waals surface area contributed by atoms with Gasteiger partial charge in [-0.25, -0.2) is 4.79 Å². The monoisotopic (exact) mass is 456 g/mol. The Bertz CT molecular complexity index is 989. The van der Waals surface area contributed by atoms with E-state index >= 15 is 0 Å². The number of amides is 5. The van der Waals surface area contributed by atoms with E-state index in [1.165, 1.54) is 4.90 Å². The summed E-state index contributed by atoms with van der Waals surface area (Å²) in [7, 11) is 0. The van der Waals surface area contributed by atoms with Crippen LogP contribution in [0, 0.1) is 5.92 Å². The fourth-order valence-electron chi connectivity index (χ4n) is 5.12. The van der Waals surface area contributed by atoms with Gasteiger partial charge in [0.1, 0.15) is 18.8 Å². The molecule has 3 aliphatic heterocycles. The molecule has 176 valence electrons. The lowest BCUT2D eigenvalue weighted by Crippen LogP contribution is -2.44. The first-order valence-electron chi connectivity index (χ1n) is 11.6. The quantitative estimate of drug-likeness (QED) is 0.490. The third-order valence-corrected chi connectivity index (χ3v) is 6.89. The van der Waals surface area contributed by atoms with E-state index in [1.54, 1.807) is 23.1 Å². The highest BCUT2D eigenvalue weighted by molar-refractivity contribution is 6.07. The van der Waals surface area contributed by atoms with E-state index in [1.807, 2.05) is 0 Å². The van der Waals surface area contributed by atoms with Crippen molar-refractivity contribution < 1.29 is 28.7 Å². The Morgan fingerprint density at radius 2 is 1.88 bits per heavy atom. The smallest absolute Gasteiger partial charge is 0.325 e. The van der Waals surface area contributed by atoms with Crippen LogP contribution in [-0.2, 0) is 14.4 Å². The zero-order valence-electron chi connectivity index (χ0n) is 18.4. The molecule has 3 heterocycles. The Hall–Kier alpha value is -3.30. The van der Waals surface area contributed by atoms with Gasteiger partial charge in [-0.05, 0) is 31.4 Å². The molecule has 1 atom stereocenters. The van der Waals surface area contributed by atoms with Crippen LogP contribution >= 0.6 is 0 Å². The minimum Gasteiger partial charge on any atom is -0.486 e. The fraction of sp³-hybridized carbons (Fsp3) is 0.565. The van der Waals surface area contributed by atoms with Gasteiger partial charge in [0, 0.05) is 37.8 Å². The van der Waals surface area contributed by atoms with Crippen LogP contribution in [0.3, 0.4) is 0 Å². The molecule has 0 unspecified atom stereocenters. The summed E-state index contributed by atoms with van der Waals surface area (Å²) in [5.74, 6) is 0.326. The molecule has 10 nitrogen and oxygen atoms in total. The van der Waals surface area contributed by atoms with Gasteiger partial charge in [0.25, 0.3) is 5.91 Å². The molecule has 0 bridgehead atoms. The van der Waals surface area contributed by atoms with Gasteiger partial charge in [-0.15, -0.1) is 0 Å². The third kappa shape index (κ3) is 3.98. The van der Waals surface area contributed by atoms with Gasteiger partial charge in [-0.1, -0.05) is 12.8 Å². The van der Waals surface area contributed by atoms with Crippen molar-refractivity contribution in [3.63, 3.8) is 0 Å². The number of rotatable bonds is 6. The van der Waals surface area contributed by atoms with Gasteiger partial charge < -0.3 is 25.0 Å². The number of nitrogens with zero attached hydrogens (tertiary/aromatic N) is 2. The van der Waals surface area contributed by atoms with E-state index in [9.17, 15) is 19.2 Å². The minimum absolute atomic E-state index is 0.118. The predicted molar refractivity (Wildman–Crippen MR) is 117 cm³/mol. The van der Waals surface area contributed by atoms with E-state index in [0.29, 0.717) is 62.8 Å². The summed E-state index contributed by atoms with van der Waals surface area (Å²) >= 11 is 0. The van der Waals surface area contributed by atoms with E-state index in [0.717, 1.165) is 12.8 Å². The lowest BCUT2D eigenvalue weighted by molar-refractivity contribution is -0.131. The highest BCUT2D eigenvalue weighted by Gasteiger charge is 2.52. The van der Waals surface area contributed by atoms with Crippen molar-refractivity contribution in [1.82, 2.24) is 15.5 Å². The second-order valence-corrected chi connectivity index (χ2v) is 9.05. The molecule has 1 aliphatic carbocycles. The molecule has 5 amide bonds. The van der Waals surface area contributed by atoms with Crippen LogP contribution in [0.4, 0.5) is 10.5 Å². The Morgan fingerprint density at radius 3 is 2.67 bits per heavy atom. The van der Waals surface area contributed by atoms with Gasteiger partial charge >= 0.3 is 6.03 Å². The number of hydrogen-bond donors (Lipinski definition) is 2. The number of nitrogens with one attached hydrogen (secondary N) is 2. The molecule has 10 heteroatoms. The predicted octanol–water partition coefficient (Wildman–Crippen LogP) is 1.18. The van der Waals surface area contributed by atoms with Gasteiger partial charge in [-0.2, -0.15) is 0 Å². The minimum atomic E-state index is -0.706. The molecule has 33 heavy (non-hydrogen) atoms. The number of hydrogen-bond acceptors (Lipinski definition) is 6. The summed E-state index contributed by atoms with van der Waals surface area (Å²) < 4.78 is 11.1. The highest BCUT2D eigenvalue weighted by atomic mass is 16.6. The Balaban J connectivity index is 1.11. The molecule has 3 fully saturated rings. The molecule has 2 N–H and O–H groups in total.